The van der Waals surface area contributed by atoms with Crippen LogP contribution in [0.2, 0.25) is 0 Å². The van der Waals surface area contributed by atoms with E-state index >= 15 is 0 Å². The minimum absolute atomic E-state index is 0.104. The van der Waals surface area contributed by atoms with Crippen molar-refractivity contribution in [2.45, 2.75) is 31.2 Å². The van der Waals surface area contributed by atoms with E-state index in [0.29, 0.717) is 6.54 Å². The summed E-state index contributed by atoms with van der Waals surface area (Å²) in [6, 6.07) is 11.4. The first-order chi connectivity index (χ1) is 13.2. The van der Waals surface area contributed by atoms with Gasteiger partial charge in [-0.05, 0) is 48.4 Å². The van der Waals surface area contributed by atoms with Crippen LogP contribution in [0, 0.1) is 5.82 Å². The van der Waals surface area contributed by atoms with E-state index in [1.165, 1.54) is 25.5 Å². The Morgan fingerprint density at radius 2 is 1.89 bits per heavy atom. The third-order valence-corrected chi connectivity index (χ3v) is 5.78. The summed E-state index contributed by atoms with van der Waals surface area (Å²) in [4.78, 5) is 12.0. The Balaban J connectivity index is 2.09. The molecule has 0 bridgehead atoms. The van der Waals surface area contributed by atoms with Gasteiger partial charge < -0.3 is 9.30 Å². The number of esters is 1. The van der Waals surface area contributed by atoms with Crippen molar-refractivity contribution in [2.24, 2.45) is 0 Å². The number of aromatic nitrogens is 1. The maximum Gasteiger partial charge on any atom is 0.340 e. The number of carbonyl (C=O) groups is 1. The first kappa shape index (κ1) is 20.1. The molecule has 0 N–H and O–H groups in total. The lowest BCUT2D eigenvalue weighted by Gasteiger charge is -2.12. The fourth-order valence-corrected chi connectivity index (χ4v) is 3.96. The van der Waals surface area contributed by atoms with Gasteiger partial charge in [0.2, 0.25) is 0 Å². The number of sulfone groups is 1. The molecule has 0 unspecified atom stereocenters. The first-order valence-corrected chi connectivity index (χ1v) is 10.8. The average Bonchev–Trinajstić information content (AvgIpc) is 2.98. The number of nitrogens with zero attached hydrogens (tertiary/aromatic N) is 1. The molecule has 148 valence electrons. The molecule has 0 aliphatic carbocycles. The van der Waals surface area contributed by atoms with E-state index in [9.17, 15) is 17.6 Å². The van der Waals surface area contributed by atoms with Gasteiger partial charge in [0.15, 0.2) is 9.84 Å². The molecule has 0 fully saturated rings. The van der Waals surface area contributed by atoms with Crippen LogP contribution < -0.4 is 0 Å². The van der Waals surface area contributed by atoms with Crippen LogP contribution in [0.15, 0.2) is 47.4 Å². The highest BCUT2D eigenvalue weighted by molar-refractivity contribution is 7.90. The van der Waals surface area contributed by atoms with Crippen molar-refractivity contribution < 1.29 is 22.3 Å². The summed E-state index contributed by atoms with van der Waals surface area (Å²) < 4.78 is 44.4. The van der Waals surface area contributed by atoms with Gasteiger partial charge in [0.05, 0.1) is 17.6 Å². The quantitative estimate of drug-likeness (QED) is 0.584. The second-order valence-corrected chi connectivity index (χ2v) is 8.79. The second-order valence-electron chi connectivity index (χ2n) is 6.77. The minimum atomic E-state index is -3.29. The highest BCUT2D eigenvalue weighted by atomic mass is 32.2. The molecule has 2 aromatic carbocycles. The maximum absolute atomic E-state index is 13.9. The topological polar surface area (TPSA) is 65.4 Å². The molecule has 3 aromatic rings. The summed E-state index contributed by atoms with van der Waals surface area (Å²) in [5.41, 5.74) is 2.59. The molecule has 3 rings (SSSR count). The zero-order valence-corrected chi connectivity index (χ0v) is 16.8. The molecule has 5 nitrogen and oxygen atoms in total. The summed E-state index contributed by atoms with van der Waals surface area (Å²) in [5.74, 6) is -1.34. The van der Waals surface area contributed by atoms with E-state index in [1.807, 2.05) is 6.07 Å². The summed E-state index contributed by atoms with van der Waals surface area (Å²) in [6.45, 7) is 2.50. The summed E-state index contributed by atoms with van der Waals surface area (Å²) in [5, 5.41) is 0.835. The van der Waals surface area contributed by atoms with Crippen LogP contribution >= 0.6 is 0 Å². The largest absolute Gasteiger partial charge is 0.465 e. The molecule has 0 spiro atoms. The third-order valence-electron chi connectivity index (χ3n) is 4.67. The number of benzene rings is 2. The number of halogens is 1. The molecular formula is C21H22FNO4S. The smallest absolute Gasteiger partial charge is 0.340 e. The number of fused-ring (bicyclic) bond motifs is 1. The van der Waals surface area contributed by atoms with Crippen molar-refractivity contribution in [1.82, 2.24) is 4.57 Å². The van der Waals surface area contributed by atoms with Crippen LogP contribution in [0.3, 0.4) is 0 Å². The minimum Gasteiger partial charge on any atom is -0.465 e. The van der Waals surface area contributed by atoms with Gasteiger partial charge in [0.25, 0.3) is 0 Å². The lowest BCUT2D eigenvalue weighted by Crippen LogP contribution is -2.08. The van der Waals surface area contributed by atoms with Gasteiger partial charge in [-0.25, -0.2) is 17.6 Å². The summed E-state index contributed by atoms with van der Waals surface area (Å²) in [6.07, 6.45) is 2.92. The molecule has 0 aliphatic heterocycles. The van der Waals surface area contributed by atoms with E-state index in [2.05, 4.69) is 16.2 Å². The van der Waals surface area contributed by atoms with Gasteiger partial charge >= 0.3 is 5.97 Å². The van der Waals surface area contributed by atoms with Crippen LogP contribution in [0.1, 0.15) is 35.0 Å². The van der Waals surface area contributed by atoms with Crippen molar-refractivity contribution >= 4 is 26.7 Å². The standard InChI is InChI=1S/C21H22FNO4S/c1-4-5-16-11-15-12-17(28(3,25)26)7-9-20(15)23(16)13-14-6-8-19(22)18(10-14)21(24)27-2/h6-12H,4-5,13H2,1-3H3. The Bertz CT molecular complexity index is 1150. The molecule has 0 atom stereocenters. The van der Waals surface area contributed by atoms with Gasteiger partial charge in [0.1, 0.15) is 5.82 Å². The van der Waals surface area contributed by atoms with Crippen molar-refractivity contribution in [3.8, 4) is 0 Å². The maximum atomic E-state index is 13.9. The molecule has 0 saturated carbocycles. The number of aryl methyl sites for hydroxylation is 1. The Morgan fingerprint density at radius 1 is 1.14 bits per heavy atom. The molecule has 0 radical (unpaired) electrons. The molecule has 1 aromatic heterocycles. The lowest BCUT2D eigenvalue weighted by atomic mass is 10.1. The molecule has 28 heavy (non-hydrogen) atoms. The number of hydrogen-bond donors (Lipinski definition) is 0. The predicted molar refractivity (Wildman–Crippen MR) is 106 cm³/mol. The SMILES string of the molecule is CCCc1cc2cc(S(C)(=O)=O)ccc2n1Cc1ccc(F)c(C(=O)OC)c1. The summed E-state index contributed by atoms with van der Waals surface area (Å²) >= 11 is 0. The number of carbonyl (C=O) groups excluding carboxylic acids is 1. The molecule has 7 heteroatoms. The fraction of sp³-hybridized carbons (Fsp3) is 0.286. The van der Waals surface area contributed by atoms with Gasteiger partial charge in [-0.1, -0.05) is 19.4 Å². The zero-order chi connectivity index (χ0) is 20.5. The molecule has 1 heterocycles. The van der Waals surface area contributed by atoms with Crippen LogP contribution in [-0.4, -0.2) is 32.3 Å². The molecule has 0 saturated heterocycles. The van der Waals surface area contributed by atoms with Crippen LogP contribution in [0.4, 0.5) is 4.39 Å². The number of methoxy groups -OCH3 is 1. The first-order valence-electron chi connectivity index (χ1n) is 8.93. The lowest BCUT2D eigenvalue weighted by molar-refractivity contribution is 0.0595. The highest BCUT2D eigenvalue weighted by Gasteiger charge is 2.16. The summed E-state index contributed by atoms with van der Waals surface area (Å²) in [7, 11) is -2.08. The van der Waals surface area contributed by atoms with Crippen LogP contribution in [-0.2, 0) is 27.5 Å². The number of ether oxygens (including phenoxy) is 1. The van der Waals surface area contributed by atoms with E-state index in [-0.39, 0.29) is 10.5 Å². The highest BCUT2D eigenvalue weighted by Crippen LogP contribution is 2.26. The third kappa shape index (κ3) is 3.94. The van der Waals surface area contributed by atoms with Gasteiger partial charge in [-0.2, -0.15) is 0 Å². The molecular weight excluding hydrogens is 381 g/mol. The van der Waals surface area contributed by atoms with Crippen LogP contribution in [0.5, 0.6) is 0 Å². The van der Waals surface area contributed by atoms with Crippen molar-refractivity contribution in [2.75, 3.05) is 13.4 Å². The predicted octanol–water partition coefficient (Wildman–Crippen LogP) is 3.97. The number of hydrogen-bond acceptors (Lipinski definition) is 4. The van der Waals surface area contributed by atoms with Crippen molar-refractivity contribution in [3.63, 3.8) is 0 Å². The van der Waals surface area contributed by atoms with Gasteiger partial charge in [-0.15, -0.1) is 0 Å². The van der Waals surface area contributed by atoms with E-state index in [0.717, 1.165) is 35.0 Å². The zero-order valence-electron chi connectivity index (χ0n) is 16.0. The Hall–Kier alpha value is -2.67. The Morgan fingerprint density at radius 3 is 2.54 bits per heavy atom. The second kappa shape index (κ2) is 7.75. The fourth-order valence-electron chi connectivity index (χ4n) is 3.31. The van der Waals surface area contributed by atoms with Crippen molar-refractivity contribution in [3.05, 3.63) is 65.1 Å². The monoisotopic (exact) mass is 403 g/mol. The van der Waals surface area contributed by atoms with E-state index in [1.54, 1.807) is 24.3 Å². The van der Waals surface area contributed by atoms with E-state index < -0.39 is 21.6 Å². The molecule has 0 amide bonds. The Kier molecular flexibility index (Phi) is 5.56. The average molecular weight is 403 g/mol. The number of rotatable bonds is 6. The van der Waals surface area contributed by atoms with Gasteiger partial charge in [-0.3, -0.25) is 0 Å². The molecule has 0 aliphatic rings. The Labute approximate surface area is 163 Å². The van der Waals surface area contributed by atoms with E-state index in [4.69, 9.17) is 0 Å². The van der Waals surface area contributed by atoms with Crippen molar-refractivity contribution in [1.29, 1.82) is 0 Å². The normalized spacial score (nSPS) is 11.7. The van der Waals surface area contributed by atoms with Crippen LogP contribution in [0.25, 0.3) is 10.9 Å². The van der Waals surface area contributed by atoms with Gasteiger partial charge in [0, 0.05) is 29.4 Å².